The molecule has 0 amide bonds. The highest BCUT2D eigenvalue weighted by Gasteiger charge is 2.70. The van der Waals surface area contributed by atoms with Gasteiger partial charge < -0.3 is 40.1 Å². The molecule has 0 aromatic carbocycles. The topological polar surface area (TPSA) is 140 Å². The van der Waals surface area contributed by atoms with Crippen molar-refractivity contribution in [2.45, 2.75) is 143 Å². The molecule has 8 nitrogen and oxygen atoms in total. The summed E-state index contributed by atoms with van der Waals surface area (Å²) in [6.45, 7) is 15.8. The van der Waals surface area contributed by atoms with Crippen LogP contribution in [0.15, 0.2) is 11.6 Å². The fourth-order valence-electron chi connectivity index (χ4n) is 12.0. The van der Waals surface area contributed by atoms with E-state index in [9.17, 15) is 30.6 Å². The SMILES string of the molecule is CC1(C)C[C@H]2C3=CC[C@@H]4[C@@]5(C)CC[C@H](O)C(C)(C)[C@@H]5CC[C@@]4(C)[C@]3(C)CC[C@@]2(CO[C@@H]2O[C@H](CO)[C@H](O)[C@@H]2O)[C@@H](O)[C@@H]1O. The first-order valence-electron chi connectivity index (χ1n) is 16.9. The van der Waals surface area contributed by atoms with Crippen molar-refractivity contribution >= 4 is 0 Å². The van der Waals surface area contributed by atoms with Crippen molar-refractivity contribution in [1.29, 1.82) is 0 Å². The molecule has 1 aliphatic heterocycles. The monoisotopic (exact) mass is 606 g/mol. The van der Waals surface area contributed by atoms with Gasteiger partial charge >= 0.3 is 0 Å². The van der Waals surface area contributed by atoms with Crippen molar-refractivity contribution < 1.29 is 40.1 Å². The predicted molar refractivity (Wildman–Crippen MR) is 162 cm³/mol. The quantitative estimate of drug-likeness (QED) is 0.267. The molecule has 14 atom stereocenters. The third-order valence-electron chi connectivity index (χ3n) is 15.1. The van der Waals surface area contributed by atoms with Gasteiger partial charge in [-0.25, -0.2) is 0 Å². The van der Waals surface area contributed by atoms with E-state index < -0.39 is 54.2 Å². The van der Waals surface area contributed by atoms with Crippen LogP contribution in [0.3, 0.4) is 0 Å². The van der Waals surface area contributed by atoms with Gasteiger partial charge in [0, 0.05) is 5.41 Å². The van der Waals surface area contributed by atoms with Crippen LogP contribution in [0.1, 0.15) is 99.8 Å². The summed E-state index contributed by atoms with van der Waals surface area (Å²) in [6.07, 6.45) is 3.01. The van der Waals surface area contributed by atoms with E-state index in [1.165, 1.54) is 5.57 Å². The lowest BCUT2D eigenvalue weighted by molar-refractivity contribution is -0.251. The van der Waals surface area contributed by atoms with Crippen molar-refractivity contribution in [3.8, 4) is 0 Å². The summed E-state index contributed by atoms with van der Waals surface area (Å²) < 4.78 is 11.9. The Labute approximate surface area is 257 Å². The molecule has 1 saturated heterocycles. The minimum Gasteiger partial charge on any atom is -0.394 e. The number of aliphatic hydroxyl groups is 6. The van der Waals surface area contributed by atoms with Crippen molar-refractivity contribution in [2.75, 3.05) is 13.2 Å². The van der Waals surface area contributed by atoms with Crippen LogP contribution in [0, 0.1) is 50.2 Å². The van der Waals surface area contributed by atoms with Gasteiger partial charge in [0.2, 0.25) is 0 Å². The van der Waals surface area contributed by atoms with E-state index in [1.54, 1.807) is 0 Å². The highest BCUT2D eigenvalue weighted by atomic mass is 16.7. The van der Waals surface area contributed by atoms with E-state index in [1.807, 2.05) is 13.8 Å². The van der Waals surface area contributed by atoms with Gasteiger partial charge in [0.15, 0.2) is 6.29 Å². The van der Waals surface area contributed by atoms with Gasteiger partial charge in [-0.05, 0) is 96.2 Å². The Hall–Kier alpha value is -0.580. The number of aliphatic hydroxyl groups excluding tert-OH is 6. The third-order valence-corrected chi connectivity index (χ3v) is 15.1. The molecule has 0 unspecified atom stereocenters. The van der Waals surface area contributed by atoms with Gasteiger partial charge in [0.25, 0.3) is 0 Å². The number of ether oxygens (including phenoxy) is 2. The van der Waals surface area contributed by atoms with Gasteiger partial charge in [-0.2, -0.15) is 0 Å². The van der Waals surface area contributed by atoms with E-state index >= 15 is 0 Å². The number of fused-ring (bicyclic) bond motifs is 7. The number of allylic oxidation sites excluding steroid dienone is 2. The molecule has 4 saturated carbocycles. The van der Waals surface area contributed by atoms with Gasteiger partial charge in [0.05, 0.1) is 31.5 Å². The van der Waals surface area contributed by atoms with Crippen LogP contribution in [0.5, 0.6) is 0 Å². The van der Waals surface area contributed by atoms with Crippen LogP contribution < -0.4 is 0 Å². The molecule has 43 heavy (non-hydrogen) atoms. The Balaban J connectivity index is 1.37. The Morgan fingerprint density at radius 2 is 1.53 bits per heavy atom. The number of hydrogen-bond acceptors (Lipinski definition) is 8. The summed E-state index contributed by atoms with van der Waals surface area (Å²) in [5, 5.41) is 64.8. The molecule has 1 heterocycles. The maximum absolute atomic E-state index is 11.9. The summed E-state index contributed by atoms with van der Waals surface area (Å²) in [4.78, 5) is 0. The molecule has 8 heteroatoms. The molecule has 5 fully saturated rings. The smallest absolute Gasteiger partial charge is 0.186 e. The highest BCUT2D eigenvalue weighted by Crippen LogP contribution is 2.75. The zero-order valence-corrected chi connectivity index (χ0v) is 27.4. The van der Waals surface area contributed by atoms with Gasteiger partial charge in [-0.15, -0.1) is 0 Å². The number of rotatable bonds is 4. The Morgan fingerprint density at radius 1 is 0.837 bits per heavy atom. The molecule has 6 N–H and O–H groups in total. The van der Waals surface area contributed by atoms with Crippen LogP contribution >= 0.6 is 0 Å². The molecular weight excluding hydrogens is 548 g/mol. The second-order valence-corrected chi connectivity index (χ2v) is 17.6. The molecule has 0 spiro atoms. The maximum atomic E-state index is 11.9. The predicted octanol–water partition coefficient (Wildman–Crippen LogP) is 3.55. The van der Waals surface area contributed by atoms with Crippen LogP contribution in [0.4, 0.5) is 0 Å². The molecule has 6 aliphatic rings. The van der Waals surface area contributed by atoms with Crippen LogP contribution in [-0.2, 0) is 9.47 Å². The molecule has 5 aliphatic carbocycles. The number of hydrogen-bond donors (Lipinski definition) is 6. The Morgan fingerprint density at radius 3 is 2.19 bits per heavy atom. The normalized spacial score (nSPS) is 55.4. The second kappa shape index (κ2) is 10.2. The van der Waals surface area contributed by atoms with E-state index in [4.69, 9.17) is 9.47 Å². The zero-order valence-electron chi connectivity index (χ0n) is 27.4. The van der Waals surface area contributed by atoms with E-state index in [0.717, 1.165) is 38.5 Å². The highest BCUT2D eigenvalue weighted by molar-refractivity contribution is 5.35. The van der Waals surface area contributed by atoms with Gasteiger partial charge in [-0.1, -0.05) is 60.1 Å². The van der Waals surface area contributed by atoms with Gasteiger partial charge in [0.1, 0.15) is 18.3 Å². The average molecular weight is 607 g/mol. The van der Waals surface area contributed by atoms with E-state index in [-0.39, 0.29) is 40.3 Å². The van der Waals surface area contributed by atoms with Crippen molar-refractivity contribution in [3.05, 3.63) is 11.6 Å². The molecule has 0 aromatic heterocycles. The Bertz CT molecular complexity index is 1120. The first-order chi connectivity index (χ1) is 19.9. The molecule has 0 radical (unpaired) electrons. The molecule has 0 bridgehead atoms. The standard InChI is InChI=1S/C35H58O8/c1-30(2)16-20-19-8-9-23-32(5)12-11-24(37)31(3,4)22(32)10-13-34(23,7)33(19,6)14-15-35(20,28(41)27(30)40)18-42-29-26(39)25(38)21(17-36)43-29/h8,20-29,36-41H,9-18H2,1-7H3/t20-,21+,22-,23+,24-,25-,26-,27-,28-,29+,32-,33+,34+,35-/m0/s1. The summed E-state index contributed by atoms with van der Waals surface area (Å²) in [5.74, 6) is 0.941. The van der Waals surface area contributed by atoms with Crippen LogP contribution in [0.2, 0.25) is 0 Å². The minimum absolute atomic E-state index is 0.0234. The van der Waals surface area contributed by atoms with Crippen molar-refractivity contribution in [3.63, 3.8) is 0 Å². The molecule has 0 aromatic rings. The zero-order chi connectivity index (χ0) is 31.5. The fraction of sp³-hybridized carbons (Fsp3) is 0.943. The third kappa shape index (κ3) is 4.23. The van der Waals surface area contributed by atoms with Gasteiger partial charge in [-0.3, -0.25) is 0 Å². The molecule has 6 rings (SSSR count). The lowest BCUT2D eigenvalue weighted by Crippen LogP contribution is -2.68. The van der Waals surface area contributed by atoms with Crippen molar-refractivity contribution in [2.24, 2.45) is 50.2 Å². The maximum Gasteiger partial charge on any atom is 0.186 e. The van der Waals surface area contributed by atoms with E-state index in [0.29, 0.717) is 24.7 Å². The lowest BCUT2D eigenvalue weighted by Gasteiger charge is -2.72. The fourth-order valence-corrected chi connectivity index (χ4v) is 12.0. The summed E-state index contributed by atoms with van der Waals surface area (Å²) in [5.41, 5.74) is 0.117. The van der Waals surface area contributed by atoms with Crippen molar-refractivity contribution in [1.82, 2.24) is 0 Å². The first-order valence-corrected chi connectivity index (χ1v) is 16.9. The lowest BCUT2D eigenvalue weighted by atomic mass is 9.33. The second-order valence-electron chi connectivity index (χ2n) is 17.6. The van der Waals surface area contributed by atoms with Crippen LogP contribution in [-0.4, -0.2) is 86.8 Å². The van der Waals surface area contributed by atoms with E-state index in [2.05, 4.69) is 40.7 Å². The summed E-state index contributed by atoms with van der Waals surface area (Å²) in [6, 6.07) is 0. The Kier molecular flexibility index (Phi) is 7.68. The minimum atomic E-state index is -1.30. The molecule has 246 valence electrons. The summed E-state index contributed by atoms with van der Waals surface area (Å²) >= 11 is 0. The summed E-state index contributed by atoms with van der Waals surface area (Å²) in [7, 11) is 0. The average Bonchev–Trinajstić information content (AvgIpc) is 3.22. The molecular formula is C35H58O8. The van der Waals surface area contributed by atoms with Crippen LogP contribution in [0.25, 0.3) is 0 Å². The largest absolute Gasteiger partial charge is 0.394 e. The first kappa shape index (κ1) is 32.4.